The van der Waals surface area contributed by atoms with Crippen LogP contribution in [-0.2, 0) is 14.8 Å². The molecule has 4 N–H and O–H groups in total. The van der Waals surface area contributed by atoms with Gasteiger partial charge in [0.1, 0.15) is 17.1 Å². The first-order valence-corrected chi connectivity index (χ1v) is 22.4. The molecule has 1 saturated carbocycles. The summed E-state index contributed by atoms with van der Waals surface area (Å²) in [6.45, 7) is 10.2. The maximum atomic E-state index is 13.9. The number of nitrogens with one attached hydrogen (secondary N) is 3. The van der Waals surface area contributed by atoms with Gasteiger partial charge in [-0.15, -0.1) is 0 Å². The Morgan fingerprint density at radius 2 is 1.80 bits per heavy atom. The zero-order valence-electron chi connectivity index (χ0n) is 33.6. The Bertz CT molecular complexity index is 2370. The van der Waals surface area contributed by atoms with Gasteiger partial charge in [-0.2, -0.15) is 0 Å². The Hall–Kier alpha value is -4.66. The van der Waals surface area contributed by atoms with E-state index in [1.54, 1.807) is 36.7 Å². The minimum atomic E-state index is -4.22. The molecule has 1 amide bonds. The van der Waals surface area contributed by atoms with Crippen molar-refractivity contribution in [3.63, 3.8) is 0 Å². The van der Waals surface area contributed by atoms with Crippen molar-refractivity contribution in [1.82, 2.24) is 19.6 Å². The number of hydrogen-bond acceptors (Lipinski definition) is 10. The van der Waals surface area contributed by atoms with Gasteiger partial charge in [-0.05, 0) is 129 Å². The van der Waals surface area contributed by atoms with E-state index in [4.69, 9.17) is 21.1 Å². The molecule has 0 spiro atoms. The monoisotopic (exact) mass is 840 g/mol. The third-order valence-electron chi connectivity index (χ3n) is 12.3. The van der Waals surface area contributed by atoms with Crippen LogP contribution in [0.1, 0.15) is 66.4 Å². The van der Waals surface area contributed by atoms with Crippen LogP contribution in [0, 0.1) is 18.8 Å². The first-order valence-electron chi connectivity index (χ1n) is 20.6. The van der Waals surface area contributed by atoms with Crippen molar-refractivity contribution in [3.8, 4) is 11.5 Å². The van der Waals surface area contributed by atoms with E-state index in [1.807, 2.05) is 44.2 Å². The number of aromatic amines is 1. The number of pyridine rings is 1. The summed E-state index contributed by atoms with van der Waals surface area (Å²) in [6, 6.07) is 21.9. The zero-order valence-corrected chi connectivity index (χ0v) is 35.2. The third kappa shape index (κ3) is 9.87. The number of carbonyl (C=O) groups excluding carboxylic acids is 1. The molecule has 1 aliphatic carbocycles. The summed E-state index contributed by atoms with van der Waals surface area (Å²) in [6.07, 6.45) is 7.79. The average molecular weight is 841 g/mol. The lowest BCUT2D eigenvalue weighted by molar-refractivity contribution is -0.00848. The molecule has 59 heavy (non-hydrogen) atoms. The molecule has 8 rings (SSSR count). The number of aliphatic hydroxyl groups is 1. The predicted octanol–water partition coefficient (Wildman–Crippen LogP) is 7.73. The number of nitrogens with zero attached hydrogens (tertiary/aromatic N) is 3. The highest BCUT2D eigenvalue weighted by molar-refractivity contribution is 7.90. The van der Waals surface area contributed by atoms with Crippen LogP contribution in [0.2, 0.25) is 5.02 Å². The molecule has 3 fully saturated rings. The fraction of sp³-hybridized carbons (Fsp3) is 0.422. The zero-order chi connectivity index (χ0) is 41.1. The largest absolute Gasteiger partial charge is 0.455 e. The van der Waals surface area contributed by atoms with Gasteiger partial charge in [0.2, 0.25) is 0 Å². The third-order valence-corrected chi connectivity index (χ3v) is 13.9. The summed E-state index contributed by atoms with van der Waals surface area (Å²) < 4.78 is 41.4. The number of fused-ring (bicyclic) bond motifs is 1. The number of rotatable bonds is 12. The molecule has 14 heteroatoms. The molecule has 0 unspecified atom stereocenters. The number of H-pyrrole nitrogens is 1. The van der Waals surface area contributed by atoms with Gasteiger partial charge in [0, 0.05) is 86.5 Å². The molecular weight excluding hydrogens is 788 g/mol. The summed E-state index contributed by atoms with van der Waals surface area (Å²) in [5, 5.41) is 16.0. The number of benzene rings is 3. The van der Waals surface area contributed by atoms with Crippen LogP contribution in [0.15, 0.2) is 90.1 Å². The molecule has 0 radical (unpaired) electrons. The summed E-state index contributed by atoms with van der Waals surface area (Å²) in [5.74, 6) is 0.983. The molecular formula is C45H53ClN6O6S. The molecule has 2 aliphatic heterocycles. The molecule has 4 heterocycles. The van der Waals surface area contributed by atoms with E-state index in [0.29, 0.717) is 28.3 Å². The predicted molar refractivity (Wildman–Crippen MR) is 231 cm³/mol. The van der Waals surface area contributed by atoms with Gasteiger partial charge in [0.05, 0.1) is 22.3 Å². The quantitative estimate of drug-likeness (QED) is 0.0984. The fourth-order valence-corrected chi connectivity index (χ4v) is 9.98. The van der Waals surface area contributed by atoms with Crippen LogP contribution in [0.25, 0.3) is 11.0 Å². The SMILES string of the molecule is Cc1cc(S(=O)(=O)NC(=O)c2ccc(N3CCN(C[C@H]4CC[C@](C)(O)C[C@@H]4c4ccc(Cl)cc4)CC3)cc2Oc2cnc3[nH]ccc3c2)ccc1NCC1CCOCC1. The second-order valence-electron chi connectivity index (χ2n) is 16.7. The highest BCUT2D eigenvalue weighted by Gasteiger charge is 2.38. The summed E-state index contributed by atoms with van der Waals surface area (Å²) in [7, 11) is -4.22. The first kappa shape index (κ1) is 41.1. The second kappa shape index (κ2) is 17.5. The van der Waals surface area contributed by atoms with Crippen LogP contribution in [0.4, 0.5) is 11.4 Å². The van der Waals surface area contributed by atoms with Crippen LogP contribution >= 0.6 is 11.6 Å². The minimum absolute atomic E-state index is 0.00266. The number of aryl methyl sites for hydroxylation is 1. The van der Waals surface area contributed by atoms with Gasteiger partial charge in [0.15, 0.2) is 0 Å². The smallest absolute Gasteiger partial charge is 0.268 e. The summed E-state index contributed by atoms with van der Waals surface area (Å²) >= 11 is 6.22. The van der Waals surface area contributed by atoms with Crippen molar-refractivity contribution in [2.24, 2.45) is 11.8 Å². The van der Waals surface area contributed by atoms with Crippen LogP contribution in [0.3, 0.4) is 0 Å². The van der Waals surface area contributed by atoms with Gasteiger partial charge in [-0.25, -0.2) is 18.1 Å². The van der Waals surface area contributed by atoms with E-state index in [1.165, 1.54) is 11.6 Å². The van der Waals surface area contributed by atoms with Gasteiger partial charge >= 0.3 is 0 Å². The van der Waals surface area contributed by atoms with Crippen LogP contribution in [-0.4, -0.2) is 92.4 Å². The standard InChI is InChI=1S/C45H53ClN6O6S/c1-30-23-38(8-10-41(30)48-27-31-13-21-57-22-14-31)59(55,56)50-44(53)39-9-7-36(25-42(39)58-37-24-33-12-16-47-43(33)49-28-37)52-19-17-51(18-20-52)29-34-11-15-45(2,54)26-40(34)32-3-5-35(46)6-4-32/h3-10,12,16,23-25,28,31,34,40,48,54H,11,13-15,17-22,26-27,29H2,1-2H3,(H,47,49)(H,50,53)/t34-,40-,45+/m1/s1. The lowest BCUT2D eigenvalue weighted by atomic mass is 9.69. The molecule has 3 aromatic carbocycles. The van der Waals surface area contributed by atoms with Crippen molar-refractivity contribution in [3.05, 3.63) is 107 Å². The van der Waals surface area contributed by atoms with Gasteiger partial charge in [-0.3, -0.25) is 9.69 Å². The summed E-state index contributed by atoms with van der Waals surface area (Å²) in [5.41, 5.74) is 3.79. The van der Waals surface area contributed by atoms with Gasteiger partial charge < -0.3 is 29.8 Å². The number of carbonyl (C=O) groups is 1. The van der Waals surface area contributed by atoms with E-state index in [9.17, 15) is 18.3 Å². The number of piperazine rings is 1. The lowest BCUT2D eigenvalue weighted by Crippen LogP contribution is -2.49. The van der Waals surface area contributed by atoms with Crippen molar-refractivity contribution in [1.29, 1.82) is 0 Å². The number of aromatic nitrogens is 2. The minimum Gasteiger partial charge on any atom is -0.455 e. The van der Waals surface area contributed by atoms with Crippen molar-refractivity contribution in [2.75, 3.05) is 62.7 Å². The molecule has 312 valence electrons. The molecule has 5 aromatic rings. The van der Waals surface area contributed by atoms with Gasteiger partial charge in [0.25, 0.3) is 15.9 Å². The van der Waals surface area contributed by atoms with Crippen molar-refractivity contribution >= 4 is 49.9 Å². The lowest BCUT2D eigenvalue weighted by Gasteiger charge is -2.44. The average Bonchev–Trinajstić information content (AvgIpc) is 3.70. The topological polar surface area (TPSA) is 149 Å². The fourth-order valence-electron chi connectivity index (χ4n) is 8.80. The number of anilines is 2. The molecule has 2 aromatic heterocycles. The van der Waals surface area contributed by atoms with E-state index in [-0.39, 0.29) is 22.1 Å². The molecule has 2 saturated heterocycles. The summed E-state index contributed by atoms with van der Waals surface area (Å²) in [4.78, 5) is 26.2. The van der Waals surface area contributed by atoms with Crippen LogP contribution < -0.4 is 19.7 Å². The normalized spacial score (nSPS) is 22.0. The second-order valence-corrected chi connectivity index (χ2v) is 18.8. The van der Waals surface area contributed by atoms with E-state index >= 15 is 0 Å². The van der Waals surface area contributed by atoms with Crippen molar-refractivity contribution in [2.45, 2.75) is 62.4 Å². The number of hydrogen-bond donors (Lipinski definition) is 4. The molecule has 12 nitrogen and oxygen atoms in total. The number of halogens is 1. The van der Waals surface area contributed by atoms with E-state index < -0.39 is 21.5 Å². The number of ether oxygens (including phenoxy) is 2. The number of amides is 1. The van der Waals surface area contributed by atoms with E-state index in [0.717, 1.165) is 107 Å². The molecule has 0 bridgehead atoms. The van der Waals surface area contributed by atoms with E-state index in [2.05, 4.69) is 41.9 Å². The Morgan fingerprint density at radius 1 is 1.02 bits per heavy atom. The Labute approximate surface area is 351 Å². The highest BCUT2D eigenvalue weighted by atomic mass is 35.5. The number of sulfonamides is 1. The Balaban J connectivity index is 0.970. The molecule has 3 aliphatic rings. The Morgan fingerprint density at radius 3 is 2.56 bits per heavy atom. The van der Waals surface area contributed by atoms with Crippen molar-refractivity contribution < 1.29 is 27.8 Å². The highest BCUT2D eigenvalue weighted by Crippen LogP contribution is 2.43. The van der Waals surface area contributed by atoms with Crippen LogP contribution in [0.5, 0.6) is 11.5 Å². The van der Waals surface area contributed by atoms with Gasteiger partial charge in [-0.1, -0.05) is 23.7 Å². The Kier molecular flexibility index (Phi) is 12.2. The first-order chi connectivity index (χ1) is 28.4. The maximum Gasteiger partial charge on any atom is 0.268 e. The maximum absolute atomic E-state index is 13.9. The molecule has 3 atom stereocenters.